The zero-order valence-corrected chi connectivity index (χ0v) is 16.9. The van der Waals surface area contributed by atoms with Gasteiger partial charge in [0, 0.05) is 17.8 Å². The van der Waals surface area contributed by atoms with Crippen LogP contribution in [0.1, 0.15) is 10.4 Å². The van der Waals surface area contributed by atoms with E-state index in [-0.39, 0.29) is 23.6 Å². The average molecular weight is 437 g/mol. The first-order chi connectivity index (χ1) is 15.4. The van der Waals surface area contributed by atoms with Crippen LogP contribution in [0.4, 0.5) is 11.4 Å². The van der Waals surface area contributed by atoms with Crippen molar-refractivity contribution in [2.75, 3.05) is 19.0 Å². The van der Waals surface area contributed by atoms with Gasteiger partial charge in [-0.25, -0.2) is 0 Å². The highest BCUT2D eigenvalue weighted by atomic mass is 16.6. The molecular weight excluding hydrogens is 418 g/mol. The maximum Gasteiger partial charge on any atom is 0.270 e. The lowest BCUT2D eigenvalue weighted by Gasteiger charge is -2.12. The molecule has 0 saturated carbocycles. The highest BCUT2D eigenvalue weighted by Gasteiger charge is 2.19. The lowest BCUT2D eigenvalue weighted by Crippen LogP contribution is -2.20. The van der Waals surface area contributed by atoms with E-state index in [0.29, 0.717) is 22.9 Å². The molecule has 10 heteroatoms. The molecule has 3 aromatic rings. The SMILES string of the molecule is COc1ccc(Oc2ccc([N+](=O)[O-])cc2C(=O)Nc2ccc(OCC(N)=O)cc2)cc1. The number of non-ortho nitro benzene ring substituents is 1. The molecule has 164 valence electrons. The van der Waals surface area contributed by atoms with Crippen LogP contribution in [0.25, 0.3) is 0 Å². The van der Waals surface area contributed by atoms with Gasteiger partial charge in [0.2, 0.25) is 0 Å². The van der Waals surface area contributed by atoms with Crippen LogP contribution in [0, 0.1) is 10.1 Å². The number of amides is 2. The molecule has 0 spiro atoms. The first-order valence-corrected chi connectivity index (χ1v) is 9.28. The third kappa shape index (κ3) is 5.72. The Bertz CT molecular complexity index is 1130. The largest absolute Gasteiger partial charge is 0.497 e. The van der Waals surface area contributed by atoms with Gasteiger partial charge >= 0.3 is 0 Å². The van der Waals surface area contributed by atoms with Gasteiger partial charge in [0.05, 0.1) is 17.6 Å². The van der Waals surface area contributed by atoms with Crippen LogP contribution in [0.5, 0.6) is 23.0 Å². The minimum Gasteiger partial charge on any atom is -0.497 e. The summed E-state index contributed by atoms with van der Waals surface area (Å²) in [5.41, 5.74) is 5.16. The number of primary amides is 1. The number of hydrogen-bond donors (Lipinski definition) is 2. The Morgan fingerprint density at radius 3 is 2.19 bits per heavy atom. The topological polar surface area (TPSA) is 143 Å². The molecule has 0 heterocycles. The van der Waals surface area contributed by atoms with Crippen molar-refractivity contribution in [3.05, 3.63) is 82.4 Å². The van der Waals surface area contributed by atoms with E-state index >= 15 is 0 Å². The van der Waals surface area contributed by atoms with E-state index < -0.39 is 16.7 Å². The lowest BCUT2D eigenvalue weighted by molar-refractivity contribution is -0.384. The predicted octanol–water partition coefficient (Wildman–Crippen LogP) is 3.51. The molecule has 0 bridgehead atoms. The van der Waals surface area contributed by atoms with Crippen molar-refractivity contribution < 1.29 is 28.7 Å². The van der Waals surface area contributed by atoms with Gasteiger partial charge in [-0.05, 0) is 54.6 Å². The molecule has 3 rings (SSSR count). The van der Waals surface area contributed by atoms with Crippen LogP contribution in [0.2, 0.25) is 0 Å². The molecule has 0 saturated heterocycles. The van der Waals surface area contributed by atoms with Gasteiger partial charge in [-0.15, -0.1) is 0 Å². The van der Waals surface area contributed by atoms with E-state index in [1.165, 1.54) is 19.2 Å². The summed E-state index contributed by atoms with van der Waals surface area (Å²) < 4.78 is 16.0. The second kappa shape index (κ2) is 9.94. The number of nitrogens with one attached hydrogen (secondary N) is 1. The lowest BCUT2D eigenvalue weighted by atomic mass is 10.1. The zero-order valence-electron chi connectivity index (χ0n) is 16.9. The Hall–Kier alpha value is -4.60. The second-order valence-electron chi connectivity index (χ2n) is 6.45. The fraction of sp³-hybridized carbons (Fsp3) is 0.0909. The molecule has 32 heavy (non-hydrogen) atoms. The first kappa shape index (κ1) is 22.1. The summed E-state index contributed by atoms with van der Waals surface area (Å²) in [6.45, 7) is -0.272. The van der Waals surface area contributed by atoms with Gasteiger partial charge in [0.25, 0.3) is 17.5 Å². The van der Waals surface area contributed by atoms with Crippen LogP contribution < -0.4 is 25.3 Å². The third-order valence-corrected chi connectivity index (χ3v) is 4.20. The van der Waals surface area contributed by atoms with Crippen LogP contribution >= 0.6 is 0 Å². The molecule has 0 unspecified atom stereocenters. The minimum absolute atomic E-state index is 0.0240. The Morgan fingerprint density at radius 2 is 1.59 bits per heavy atom. The van der Waals surface area contributed by atoms with Crippen LogP contribution in [-0.2, 0) is 4.79 Å². The molecule has 0 atom stereocenters. The van der Waals surface area contributed by atoms with Crippen LogP contribution in [0.15, 0.2) is 66.7 Å². The number of rotatable bonds is 9. The Balaban J connectivity index is 1.82. The smallest absolute Gasteiger partial charge is 0.270 e. The van der Waals surface area contributed by atoms with E-state index in [1.54, 1.807) is 48.5 Å². The Kier molecular flexibility index (Phi) is 6.86. The number of carbonyl (C=O) groups is 2. The number of ether oxygens (including phenoxy) is 3. The molecule has 3 aromatic carbocycles. The van der Waals surface area contributed by atoms with E-state index in [1.807, 2.05) is 0 Å². The van der Waals surface area contributed by atoms with E-state index in [0.717, 1.165) is 6.07 Å². The van der Waals surface area contributed by atoms with Crippen molar-refractivity contribution in [3.8, 4) is 23.0 Å². The predicted molar refractivity (Wildman–Crippen MR) is 115 cm³/mol. The quantitative estimate of drug-likeness (QED) is 0.385. The maximum atomic E-state index is 12.9. The second-order valence-corrected chi connectivity index (χ2v) is 6.45. The summed E-state index contributed by atoms with van der Waals surface area (Å²) in [5, 5.41) is 13.8. The number of methoxy groups -OCH3 is 1. The molecule has 0 aliphatic heterocycles. The number of benzene rings is 3. The Labute approximate surface area is 182 Å². The van der Waals surface area contributed by atoms with E-state index in [9.17, 15) is 19.7 Å². The fourth-order valence-electron chi connectivity index (χ4n) is 2.66. The number of nitro benzene ring substituents is 1. The number of nitrogens with zero attached hydrogens (tertiary/aromatic N) is 1. The fourth-order valence-corrected chi connectivity index (χ4v) is 2.66. The number of carbonyl (C=O) groups excluding carboxylic acids is 2. The molecule has 0 aliphatic carbocycles. The van der Waals surface area contributed by atoms with Crippen molar-refractivity contribution in [2.24, 2.45) is 5.73 Å². The minimum atomic E-state index is -0.613. The molecule has 0 aliphatic rings. The van der Waals surface area contributed by atoms with E-state index in [4.69, 9.17) is 19.9 Å². The van der Waals surface area contributed by atoms with Gasteiger partial charge in [-0.1, -0.05) is 0 Å². The van der Waals surface area contributed by atoms with Crippen LogP contribution in [0.3, 0.4) is 0 Å². The van der Waals surface area contributed by atoms with Gasteiger partial charge in [-0.2, -0.15) is 0 Å². The molecule has 0 fully saturated rings. The van der Waals surface area contributed by atoms with Gasteiger partial charge in [0.15, 0.2) is 6.61 Å². The summed E-state index contributed by atoms with van der Waals surface area (Å²) >= 11 is 0. The van der Waals surface area contributed by atoms with Gasteiger partial charge < -0.3 is 25.3 Å². The van der Waals surface area contributed by atoms with Gasteiger partial charge in [0.1, 0.15) is 23.0 Å². The summed E-state index contributed by atoms with van der Waals surface area (Å²) in [6, 6.07) is 16.6. The average Bonchev–Trinajstić information content (AvgIpc) is 2.79. The number of nitrogens with two attached hydrogens (primary N) is 1. The maximum absolute atomic E-state index is 12.9. The molecular formula is C22H19N3O7. The molecule has 2 amide bonds. The summed E-state index contributed by atoms with van der Waals surface area (Å²) in [6.07, 6.45) is 0. The van der Waals surface area contributed by atoms with Crippen LogP contribution in [-0.4, -0.2) is 30.5 Å². The van der Waals surface area contributed by atoms with Crippen molar-refractivity contribution in [2.45, 2.75) is 0 Å². The summed E-state index contributed by atoms with van der Waals surface area (Å²) in [7, 11) is 1.53. The molecule has 3 N–H and O–H groups in total. The number of hydrogen-bond acceptors (Lipinski definition) is 7. The molecule has 10 nitrogen and oxygen atoms in total. The monoisotopic (exact) mass is 437 g/mol. The van der Waals surface area contributed by atoms with E-state index in [2.05, 4.69) is 5.32 Å². The van der Waals surface area contributed by atoms with Crippen molar-refractivity contribution >= 4 is 23.2 Å². The van der Waals surface area contributed by atoms with Crippen molar-refractivity contribution in [1.82, 2.24) is 0 Å². The number of anilines is 1. The zero-order chi connectivity index (χ0) is 23.1. The third-order valence-electron chi connectivity index (χ3n) is 4.20. The summed E-state index contributed by atoms with van der Waals surface area (Å²) in [4.78, 5) is 34.3. The normalized spacial score (nSPS) is 10.2. The first-order valence-electron chi connectivity index (χ1n) is 9.28. The highest BCUT2D eigenvalue weighted by Crippen LogP contribution is 2.30. The van der Waals surface area contributed by atoms with Crippen molar-refractivity contribution in [1.29, 1.82) is 0 Å². The standard InChI is InChI=1S/C22H19N3O7/c1-30-16-7-9-18(10-8-16)32-20-11-4-15(25(28)29)12-19(20)22(27)24-14-2-5-17(6-3-14)31-13-21(23)26/h2-12H,13H2,1H3,(H2,23,26)(H,24,27). The number of nitro groups is 1. The highest BCUT2D eigenvalue weighted by molar-refractivity contribution is 6.06. The van der Waals surface area contributed by atoms with Crippen molar-refractivity contribution in [3.63, 3.8) is 0 Å². The molecule has 0 aromatic heterocycles. The van der Waals surface area contributed by atoms with Gasteiger partial charge in [-0.3, -0.25) is 19.7 Å². The Morgan fingerprint density at radius 1 is 0.969 bits per heavy atom. The summed E-state index contributed by atoms with van der Waals surface area (Å²) in [5.74, 6) is 0.354. The molecule has 0 radical (unpaired) electrons.